The fourth-order valence-electron chi connectivity index (χ4n) is 3.78. The second kappa shape index (κ2) is 5.26. The van der Waals surface area contributed by atoms with Crippen molar-refractivity contribution in [2.75, 3.05) is 5.73 Å². The third-order valence-corrected chi connectivity index (χ3v) is 5.33. The number of nitrogens with zero attached hydrogens (tertiary/aromatic N) is 2. The zero-order valence-corrected chi connectivity index (χ0v) is 13.9. The van der Waals surface area contributed by atoms with Crippen LogP contribution < -0.4 is 5.73 Å². The molecule has 0 bridgehead atoms. The molecule has 0 aliphatic heterocycles. The Balaban J connectivity index is 1.72. The molecule has 0 radical (unpaired) electrons. The quantitative estimate of drug-likeness (QED) is 0.817. The number of hydrogen-bond donors (Lipinski definition) is 2. The molecule has 1 atom stereocenters. The van der Waals surface area contributed by atoms with Crippen molar-refractivity contribution in [3.63, 3.8) is 0 Å². The number of carbonyl (C=O) groups is 1. The molecule has 0 aromatic carbocycles. The van der Waals surface area contributed by atoms with Crippen molar-refractivity contribution in [1.82, 2.24) is 14.8 Å². The third kappa shape index (κ3) is 2.12. The summed E-state index contributed by atoms with van der Waals surface area (Å²) < 4.78 is 2.40. The van der Waals surface area contributed by atoms with Gasteiger partial charge in [-0.25, -0.2) is 0 Å². The minimum absolute atomic E-state index is 0.0133. The molecule has 3 N–H and O–H groups in total. The van der Waals surface area contributed by atoms with Crippen molar-refractivity contribution < 1.29 is 4.79 Å². The molecule has 0 saturated carbocycles. The molecule has 1 unspecified atom stereocenters. The van der Waals surface area contributed by atoms with E-state index in [1.807, 2.05) is 6.07 Å². The standard InChI is InChI=1S/C16H19BrN4O/c17-14-8-11-9(5-3-7-12(11)19-14)16(22)21-15(18)10-4-1-2-6-13(10)20-21/h8-9,19H,1-7,18H2. The van der Waals surface area contributed by atoms with Crippen LogP contribution in [0.25, 0.3) is 0 Å². The van der Waals surface area contributed by atoms with Gasteiger partial charge in [-0.05, 0) is 72.5 Å². The highest BCUT2D eigenvalue weighted by Crippen LogP contribution is 2.36. The van der Waals surface area contributed by atoms with Crippen molar-refractivity contribution in [3.05, 3.63) is 33.2 Å². The van der Waals surface area contributed by atoms with Crippen LogP contribution in [0.5, 0.6) is 0 Å². The monoisotopic (exact) mass is 362 g/mol. The Kier molecular flexibility index (Phi) is 3.36. The van der Waals surface area contributed by atoms with E-state index in [2.05, 4.69) is 26.0 Å². The Morgan fingerprint density at radius 2 is 2.14 bits per heavy atom. The number of aryl methyl sites for hydroxylation is 2. The number of nitrogen functional groups attached to an aromatic ring is 1. The molecule has 116 valence electrons. The molecular weight excluding hydrogens is 344 g/mol. The summed E-state index contributed by atoms with van der Waals surface area (Å²) in [6, 6.07) is 2.02. The van der Waals surface area contributed by atoms with E-state index < -0.39 is 0 Å². The maximum absolute atomic E-state index is 13.0. The van der Waals surface area contributed by atoms with Gasteiger partial charge in [-0.1, -0.05) is 0 Å². The largest absolute Gasteiger partial charge is 0.383 e. The van der Waals surface area contributed by atoms with E-state index >= 15 is 0 Å². The lowest BCUT2D eigenvalue weighted by Gasteiger charge is -2.21. The molecule has 2 aliphatic carbocycles. The second-order valence-electron chi connectivity index (χ2n) is 6.26. The Morgan fingerprint density at radius 1 is 1.32 bits per heavy atom. The number of nitrogens with two attached hydrogens (primary N) is 1. The molecule has 6 heteroatoms. The lowest BCUT2D eigenvalue weighted by molar-refractivity contribution is 0.0854. The van der Waals surface area contributed by atoms with Crippen LogP contribution in [0.15, 0.2) is 10.7 Å². The molecular formula is C16H19BrN4O. The molecule has 0 saturated heterocycles. The fourth-order valence-corrected chi connectivity index (χ4v) is 4.27. The molecule has 0 fully saturated rings. The highest BCUT2D eigenvalue weighted by Gasteiger charge is 2.32. The van der Waals surface area contributed by atoms with Gasteiger partial charge in [0.1, 0.15) is 5.82 Å². The van der Waals surface area contributed by atoms with E-state index in [-0.39, 0.29) is 11.8 Å². The number of hydrogen-bond acceptors (Lipinski definition) is 3. The van der Waals surface area contributed by atoms with Crippen LogP contribution in [0, 0.1) is 0 Å². The van der Waals surface area contributed by atoms with Gasteiger partial charge in [-0.2, -0.15) is 9.78 Å². The summed E-state index contributed by atoms with van der Waals surface area (Å²) in [5, 5.41) is 4.53. The summed E-state index contributed by atoms with van der Waals surface area (Å²) in [6.45, 7) is 0. The zero-order valence-electron chi connectivity index (χ0n) is 12.4. The van der Waals surface area contributed by atoms with Crippen LogP contribution in [-0.2, 0) is 19.3 Å². The summed E-state index contributed by atoms with van der Waals surface area (Å²) in [7, 11) is 0. The van der Waals surface area contributed by atoms with E-state index in [0.29, 0.717) is 5.82 Å². The summed E-state index contributed by atoms with van der Waals surface area (Å²) >= 11 is 3.47. The number of halogens is 1. The molecule has 2 heterocycles. The lowest BCUT2D eigenvalue weighted by atomic mass is 9.86. The molecule has 2 aromatic rings. The predicted octanol–water partition coefficient (Wildman–Crippen LogP) is 3.20. The van der Waals surface area contributed by atoms with Crippen LogP contribution in [0.3, 0.4) is 0 Å². The average Bonchev–Trinajstić information content (AvgIpc) is 3.06. The summed E-state index contributed by atoms with van der Waals surface area (Å²) in [5.41, 5.74) is 10.6. The van der Waals surface area contributed by atoms with E-state index in [1.165, 1.54) is 4.68 Å². The number of fused-ring (bicyclic) bond motifs is 2. The van der Waals surface area contributed by atoms with Crippen LogP contribution in [0.1, 0.15) is 58.9 Å². The third-order valence-electron chi connectivity index (χ3n) is 4.90. The topological polar surface area (TPSA) is 76.7 Å². The van der Waals surface area contributed by atoms with Gasteiger partial charge in [0.2, 0.25) is 0 Å². The van der Waals surface area contributed by atoms with Crippen LogP contribution in [0.4, 0.5) is 5.82 Å². The number of H-pyrrole nitrogens is 1. The molecule has 2 aliphatic rings. The Hall–Kier alpha value is -1.56. The normalized spacial score (nSPS) is 20.5. The Labute approximate surface area is 137 Å². The first-order valence-electron chi connectivity index (χ1n) is 7.93. The van der Waals surface area contributed by atoms with Crippen LogP contribution in [-0.4, -0.2) is 20.7 Å². The minimum atomic E-state index is -0.144. The van der Waals surface area contributed by atoms with E-state index in [9.17, 15) is 4.79 Å². The molecule has 5 nitrogen and oxygen atoms in total. The average molecular weight is 363 g/mol. The van der Waals surface area contributed by atoms with Crippen molar-refractivity contribution in [2.24, 2.45) is 0 Å². The second-order valence-corrected chi connectivity index (χ2v) is 7.12. The van der Waals surface area contributed by atoms with Gasteiger partial charge in [-0.3, -0.25) is 4.79 Å². The maximum Gasteiger partial charge on any atom is 0.256 e. The smallest absolute Gasteiger partial charge is 0.256 e. The number of aromatic nitrogens is 3. The molecule has 4 rings (SSSR count). The van der Waals surface area contributed by atoms with E-state index in [1.54, 1.807) is 0 Å². The highest BCUT2D eigenvalue weighted by atomic mass is 79.9. The van der Waals surface area contributed by atoms with Gasteiger partial charge in [0.25, 0.3) is 5.91 Å². The van der Waals surface area contributed by atoms with Gasteiger partial charge in [0, 0.05) is 11.3 Å². The Bertz CT molecular complexity index is 746. The maximum atomic E-state index is 13.0. The number of aromatic amines is 1. The SMILES string of the molecule is Nc1c2c(nn1C(=O)C1CCCc3[nH]c(Br)cc31)CCCC2. The summed E-state index contributed by atoms with van der Waals surface area (Å²) in [6.07, 6.45) is 7.02. The van der Waals surface area contributed by atoms with Crippen molar-refractivity contribution >= 4 is 27.7 Å². The zero-order chi connectivity index (χ0) is 15.3. The highest BCUT2D eigenvalue weighted by molar-refractivity contribution is 9.10. The van der Waals surface area contributed by atoms with Gasteiger partial charge >= 0.3 is 0 Å². The van der Waals surface area contributed by atoms with E-state index in [4.69, 9.17) is 5.73 Å². The number of nitrogens with one attached hydrogen (secondary N) is 1. The lowest BCUT2D eigenvalue weighted by Crippen LogP contribution is -2.25. The molecule has 0 spiro atoms. The van der Waals surface area contributed by atoms with Crippen molar-refractivity contribution in [2.45, 2.75) is 50.9 Å². The molecule has 22 heavy (non-hydrogen) atoms. The predicted molar refractivity (Wildman–Crippen MR) is 88.1 cm³/mol. The van der Waals surface area contributed by atoms with Gasteiger partial charge in [0.05, 0.1) is 16.2 Å². The van der Waals surface area contributed by atoms with Crippen LogP contribution >= 0.6 is 15.9 Å². The van der Waals surface area contributed by atoms with Gasteiger partial charge in [-0.15, -0.1) is 0 Å². The number of carbonyl (C=O) groups excluding carboxylic acids is 1. The van der Waals surface area contributed by atoms with Gasteiger partial charge < -0.3 is 10.7 Å². The van der Waals surface area contributed by atoms with E-state index in [0.717, 1.165) is 72.1 Å². The molecule has 0 amide bonds. The van der Waals surface area contributed by atoms with Crippen molar-refractivity contribution in [1.29, 1.82) is 0 Å². The first-order chi connectivity index (χ1) is 10.6. The number of anilines is 1. The first kappa shape index (κ1) is 14.1. The summed E-state index contributed by atoms with van der Waals surface area (Å²) in [5.74, 6) is 0.427. The fraction of sp³-hybridized carbons (Fsp3) is 0.500. The summed E-state index contributed by atoms with van der Waals surface area (Å²) in [4.78, 5) is 16.3. The van der Waals surface area contributed by atoms with Crippen LogP contribution in [0.2, 0.25) is 0 Å². The molecule has 2 aromatic heterocycles. The number of rotatable bonds is 1. The first-order valence-corrected chi connectivity index (χ1v) is 8.72. The van der Waals surface area contributed by atoms with Gasteiger partial charge in [0.15, 0.2) is 0 Å². The Morgan fingerprint density at radius 3 is 2.95 bits per heavy atom. The minimum Gasteiger partial charge on any atom is -0.383 e. The van der Waals surface area contributed by atoms with Crippen molar-refractivity contribution in [3.8, 4) is 0 Å².